The van der Waals surface area contributed by atoms with E-state index in [9.17, 15) is 14.9 Å². The van der Waals surface area contributed by atoms with E-state index in [0.29, 0.717) is 49.6 Å². The first-order valence-electron chi connectivity index (χ1n) is 8.78. The number of nitro groups is 1. The van der Waals surface area contributed by atoms with Crippen LogP contribution in [-0.2, 0) is 9.53 Å². The first-order valence-corrected chi connectivity index (χ1v) is 8.78. The van der Waals surface area contributed by atoms with Crippen molar-refractivity contribution >= 4 is 17.5 Å². The minimum atomic E-state index is -0.478. The van der Waals surface area contributed by atoms with Crippen molar-refractivity contribution in [3.8, 4) is 11.3 Å². The lowest BCUT2D eigenvalue weighted by molar-refractivity contribution is -0.383. The molecule has 0 unspecified atom stereocenters. The molecular formula is C17H21N5O5. The van der Waals surface area contributed by atoms with E-state index in [0.717, 1.165) is 0 Å². The van der Waals surface area contributed by atoms with Crippen LogP contribution in [0.25, 0.3) is 11.3 Å². The second-order valence-electron chi connectivity index (χ2n) is 6.36. The Bertz CT molecular complexity index is 838. The average Bonchev–Trinajstić information content (AvgIpc) is 2.99. The molecule has 27 heavy (non-hydrogen) atoms. The summed E-state index contributed by atoms with van der Waals surface area (Å²) in [6.07, 6.45) is 2.42. The number of nitrogens with zero attached hydrogens (tertiary/aromatic N) is 5. The Kier molecular flexibility index (Phi) is 5.33. The molecule has 0 amide bonds. The van der Waals surface area contributed by atoms with Crippen molar-refractivity contribution in [2.45, 2.75) is 33.6 Å². The lowest BCUT2D eigenvalue weighted by atomic mass is 9.97. The maximum atomic E-state index is 11.9. The van der Waals surface area contributed by atoms with Crippen LogP contribution in [0.5, 0.6) is 0 Å². The zero-order valence-electron chi connectivity index (χ0n) is 15.5. The molecule has 2 aromatic heterocycles. The molecule has 10 nitrogen and oxygen atoms in total. The summed E-state index contributed by atoms with van der Waals surface area (Å²) in [4.78, 5) is 33.4. The molecular weight excluding hydrogens is 354 g/mol. The minimum Gasteiger partial charge on any atom is -0.466 e. The predicted octanol–water partition coefficient (Wildman–Crippen LogP) is 2.44. The molecule has 0 atom stereocenters. The molecule has 2 aromatic rings. The second kappa shape index (κ2) is 7.68. The van der Waals surface area contributed by atoms with Gasteiger partial charge < -0.3 is 14.2 Å². The van der Waals surface area contributed by atoms with Crippen LogP contribution in [0.1, 0.15) is 31.2 Å². The van der Waals surface area contributed by atoms with E-state index < -0.39 is 4.92 Å². The van der Waals surface area contributed by atoms with Crippen molar-refractivity contribution in [2.75, 3.05) is 24.6 Å². The van der Waals surface area contributed by atoms with Crippen LogP contribution in [0.4, 0.5) is 11.5 Å². The molecule has 0 saturated carbocycles. The van der Waals surface area contributed by atoms with Crippen molar-refractivity contribution in [3.63, 3.8) is 0 Å². The number of hydrogen-bond donors (Lipinski definition) is 0. The highest BCUT2D eigenvalue weighted by Gasteiger charge is 2.34. The van der Waals surface area contributed by atoms with E-state index in [4.69, 9.17) is 9.26 Å². The summed E-state index contributed by atoms with van der Waals surface area (Å²) in [5, 5.41) is 15.7. The molecule has 1 aliphatic heterocycles. The van der Waals surface area contributed by atoms with Gasteiger partial charge in [0.25, 0.3) is 0 Å². The number of carbonyl (C=O) groups excluding carboxylic acids is 1. The van der Waals surface area contributed by atoms with Crippen LogP contribution < -0.4 is 4.90 Å². The maximum absolute atomic E-state index is 11.9. The number of esters is 1. The first kappa shape index (κ1) is 18.7. The molecule has 1 fully saturated rings. The van der Waals surface area contributed by atoms with E-state index >= 15 is 0 Å². The lowest BCUT2D eigenvalue weighted by Gasteiger charge is -2.31. The fourth-order valence-electron chi connectivity index (χ4n) is 3.36. The zero-order valence-corrected chi connectivity index (χ0v) is 15.5. The highest BCUT2D eigenvalue weighted by molar-refractivity contribution is 5.79. The molecule has 0 radical (unpaired) electrons. The number of carbonyl (C=O) groups is 1. The molecule has 1 aliphatic rings. The van der Waals surface area contributed by atoms with E-state index in [1.807, 2.05) is 4.90 Å². The maximum Gasteiger partial charge on any atom is 0.337 e. The number of hydrogen-bond acceptors (Lipinski definition) is 9. The number of aromatic nitrogens is 3. The van der Waals surface area contributed by atoms with Gasteiger partial charge in [-0.15, -0.1) is 0 Å². The first-order chi connectivity index (χ1) is 12.9. The predicted molar refractivity (Wildman–Crippen MR) is 95.2 cm³/mol. The van der Waals surface area contributed by atoms with Gasteiger partial charge >= 0.3 is 11.7 Å². The summed E-state index contributed by atoms with van der Waals surface area (Å²) >= 11 is 0. The number of rotatable bonds is 5. The Morgan fingerprint density at radius 1 is 1.37 bits per heavy atom. The van der Waals surface area contributed by atoms with Gasteiger partial charge in [-0.3, -0.25) is 14.9 Å². The Labute approximate surface area is 155 Å². The van der Waals surface area contributed by atoms with Crippen molar-refractivity contribution < 1.29 is 19.0 Å². The smallest absolute Gasteiger partial charge is 0.337 e. The van der Waals surface area contributed by atoms with Gasteiger partial charge in [-0.2, -0.15) is 0 Å². The average molecular weight is 375 g/mol. The number of piperidine rings is 1. The summed E-state index contributed by atoms with van der Waals surface area (Å²) < 4.78 is 10.2. The number of ether oxygens (including phenoxy) is 1. The Morgan fingerprint density at radius 2 is 2.07 bits per heavy atom. The van der Waals surface area contributed by atoms with Gasteiger partial charge in [-0.05, 0) is 33.6 Å². The molecule has 144 valence electrons. The second-order valence-corrected chi connectivity index (χ2v) is 6.36. The third kappa shape index (κ3) is 3.60. The van der Waals surface area contributed by atoms with Crippen LogP contribution in [0.2, 0.25) is 0 Å². The highest BCUT2D eigenvalue weighted by Crippen LogP contribution is 2.38. The minimum absolute atomic E-state index is 0.179. The Hall–Kier alpha value is -3.04. The van der Waals surface area contributed by atoms with Crippen LogP contribution in [0.3, 0.4) is 0 Å². The van der Waals surface area contributed by atoms with E-state index in [2.05, 4.69) is 15.1 Å². The summed E-state index contributed by atoms with van der Waals surface area (Å²) in [6.45, 7) is 6.46. The van der Waals surface area contributed by atoms with Gasteiger partial charge in [-0.1, -0.05) is 5.16 Å². The summed E-state index contributed by atoms with van der Waals surface area (Å²) in [7, 11) is 0. The highest BCUT2D eigenvalue weighted by atomic mass is 16.6. The zero-order chi connectivity index (χ0) is 19.6. The quantitative estimate of drug-likeness (QED) is 0.440. The van der Waals surface area contributed by atoms with E-state index in [1.165, 1.54) is 6.33 Å². The van der Waals surface area contributed by atoms with Gasteiger partial charge in [0.15, 0.2) is 5.69 Å². The molecule has 3 rings (SSSR count). The van der Waals surface area contributed by atoms with Crippen LogP contribution in [-0.4, -0.2) is 45.7 Å². The molecule has 0 aromatic carbocycles. The monoisotopic (exact) mass is 375 g/mol. The van der Waals surface area contributed by atoms with E-state index in [-0.39, 0.29) is 29.1 Å². The van der Waals surface area contributed by atoms with Crippen molar-refractivity contribution in [1.82, 2.24) is 15.1 Å². The van der Waals surface area contributed by atoms with Crippen molar-refractivity contribution in [1.29, 1.82) is 0 Å². The molecule has 0 aliphatic carbocycles. The molecule has 0 spiro atoms. The Morgan fingerprint density at radius 3 is 2.63 bits per heavy atom. The van der Waals surface area contributed by atoms with Gasteiger partial charge in [0, 0.05) is 13.1 Å². The topological polar surface area (TPSA) is 124 Å². The largest absolute Gasteiger partial charge is 0.466 e. The fraction of sp³-hybridized carbons (Fsp3) is 0.529. The van der Waals surface area contributed by atoms with Crippen LogP contribution in [0.15, 0.2) is 10.9 Å². The summed E-state index contributed by atoms with van der Waals surface area (Å²) in [6, 6.07) is 0. The van der Waals surface area contributed by atoms with Gasteiger partial charge in [-0.25, -0.2) is 9.97 Å². The van der Waals surface area contributed by atoms with Crippen molar-refractivity contribution in [2.24, 2.45) is 5.92 Å². The molecule has 3 heterocycles. The Balaban J connectivity index is 1.93. The normalized spacial score (nSPS) is 15.0. The molecule has 0 N–H and O–H groups in total. The molecule has 1 saturated heterocycles. The van der Waals surface area contributed by atoms with E-state index in [1.54, 1.807) is 20.8 Å². The van der Waals surface area contributed by atoms with Crippen LogP contribution in [0, 0.1) is 29.9 Å². The standard InChI is InChI=1S/C17H21N5O5/c1-4-26-17(23)12-5-7-21(8-6-12)16-15(22(24)25)14(18-9-19-16)13-10(2)20-27-11(13)3/h9,12H,4-8H2,1-3H3. The fourth-order valence-corrected chi connectivity index (χ4v) is 3.36. The number of anilines is 1. The summed E-state index contributed by atoms with van der Waals surface area (Å²) in [5.41, 5.74) is 1.04. The molecule has 0 bridgehead atoms. The number of aryl methyl sites for hydroxylation is 2. The van der Waals surface area contributed by atoms with Gasteiger partial charge in [0.1, 0.15) is 12.1 Å². The van der Waals surface area contributed by atoms with Crippen molar-refractivity contribution in [3.05, 3.63) is 27.9 Å². The van der Waals surface area contributed by atoms with Crippen LogP contribution >= 0.6 is 0 Å². The third-order valence-corrected chi connectivity index (χ3v) is 4.67. The summed E-state index contributed by atoms with van der Waals surface area (Å²) in [5.74, 6) is 0.295. The SMILES string of the molecule is CCOC(=O)C1CCN(c2ncnc(-c3c(C)noc3C)c2[N+](=O)[O-])CC1. The third-order valence-electron chi connectivity index (χ3n) is 4.67. The van der Waals surface area contributed by atoms with Gasteiger partial charge in [0.2, 0.25) is 5.82 Å². The van der Waals surface area contributed by atoms with Gasteiger partial charge in [0.05, 0.1) is 28.7 Å². The molecule has 10 heteroatoms. The lowest BCUT2D eigenvalue weighted by Crippen LogP contribution is -2.37.